The summed E-state index contributed by atoms with van der Waals surface area (Å²) in [7, 11) is 1.65. The van der Waals surface area contributed by atoms with E-state index in [0.717, 1.165) is 30.0 Å². The van der Waals surface area contributed by atoms with Crippen LogP contribution >= 0.6 is 0 Å². The average molecular weight is 407 g/mol. The van der Waals surface area contributed by atoms with Gasteiger partial charge in [-0.05, 0) is 17.7 Å². The molecule has 1 fully saturated rings. The van der Waals surface area contributed by atoms with Crippen molar-refractivity contribution in [3.63, 3.8) is 0 Å². The number of carbonyl (C=O) groups excluding carboxylic acids is 1. The summed E-state index contributed by atoms with van der Waals surface area (Å²) in [5.74, 6) is 1.12. The Bertz CT molecular complexity index is 950. The summed E-state index contributed by atoms with van der Waals surface area (Å²) in [6.45, 7) is 3.46. The summed E-state index contributed by atoms with van der Waals surface area (Å²) >= 11 is 0. The van der Waals surface area contributed by atoms with Crippen LogP contribution in [0.15, 0.2) is 65.2 Å². The zero-order valence-corrected chi connectivity index (χ0v) is 16.9. The Labute approximate surface area is 175 Å². The number of hydrogen-bond acceptors (Lipinski definition) is 6. The molecule has 1 aromatic heterocycles. The topological polar surface area (TPSA) is 76.8 Å². The van der Waals surface area contributed by atoms with E-state index in [1.807, 2.05) is 54.6 Å². The normalized spacial score (nSPS) is 15.5. The quantitative estimate of drug-likeness (QED) is 0.648. The van der Waals surface area contributed by atoms with E-state index in [2.05, 4.69) is 15.4 Å². The van der Waals surface area contributed by atoms with Gasteiger partial charge in [-0.25, -0.2) is 0 Å². The van der Waals surface area contributed by atoms with Gasteiger partial charge in [0.1, 0.15) is 5.75 Å². The summed E-state index contributed by atoms with van der Waals surface area (Å²) in [6.07, 6.45) is 0. The predicted octanol–water partition coefficient (Wildman–Crippen LogP) is 3.15. The second-order valence-corrected chi connectivity index (χ2v) is 7.09. The van der Waals surface area contributed by atoms with E-state index in [1.54, 1.807) is 13.2 Å². The van der Waals surface area contributed by atoms with E-state index in [0.29, 0.717) is 25.5 Å². The lowest BCUT2D eigenvalue weighted by Gasteiger charge is -2.34. The number of hydrogen-bond donors (Lipinski definition) is 1. The van der Waals surface area contributed by atoms with Gasteiger partial charge in [0.2, 0.25) is 0 Å². The van der Waals surface area contributed by atoms with Crippen LogP contribution in [0.4, 0.5) is 0 Å². The molecule has 7 heteroatoms. The van der Waals surface area contributed by atoms with Crippen molar-refractivity contribution in [1.29, 1.82) is 0 Å². The van der Waals surface area contributed by atoms with Crippen molar-refractivity contribution in [2.24, 2.45) is 0 Å². The van der Waals surface area contributed by atoms with Crippen molar-refractivity contribution in [3.8, 4) is 17.1 Å². The first kappa shape index (κ1) is 20.1. The summed E-state index contributed by atoms with van der Waals surface area (Å²) in [5, 5.41) is 6.95. The number of nitrogens with one attached hydrogen (secondary N) is 1. The monoisotopic (exact) mass is 407 g/mol. The number of carbonyl (C=O) groups is 1. The Morgan fingerprint density at radius 1 is 1.13 bits per heavy atom. The van der Waals surface area contributed by atoms with Crippen LogP contribution in [-0.2, 0) is 4.74 Å². The van der Waals surface area contributed by atoms with Gasteiger partial charge in [0.25, 0.3) is 5.91 Å². The van der Waals surface area contributed by atoms with Crippen molar-refractivity contribution in [2.75, 3.05) is 40.0 Å². The van der Waals surface area contributed by atoms with E-state index < -0.39 is 0 Å². The van der Waals surface area contributed by atoms with Crippen molar-refractivity contribution < 1.29 is 18.8 Å². The molecular weight excluding hydrogens is 382 g/mol. The maximum atomic E-state index is 12.7. The zero-order valence-electron chi connectivity index (χ0n) is 16.9. The summed E-state index contributed by atoms with van der Waals surface area (Å²) < 4.78 is 16.1. The third-order valence-electron chi connectivity index (χ3n) is 5.24. The molecular formula is C23H25N3O4. The van der Waals surface area contributed by atoms with Crippen molar-refractivity contribution in [1.82, 2.24) is 15.4 Å². The van der Waals surface area contributed by atoms with E-state index in [9.17, 15) is 4.79 Å². The van der Waals surface area contributed by atoms with Gasteiger partial charge < -0.3 is 19.3 Å². The van der Waals surface area contributed by atoms with Crippen LogP contribution in [0, 0.1) is 0 Å². The van der Waals surface area contributed by atoms with Crippen LogP contribution in [0.2, 0.25) is 0 Å². The molecule has 1 saturated heterocycles. The predicted molar refractivity (Wildman–Crippen MR) is 112 cm³/mol. The number of methoxy groups -OCH3 is 1. The average Bonchev–Trinajstić information content (AvgIpc) is 3.31. The van der Waals surface area contributed by atoms with Crippen molar-refractivity contribution in [2.45, 2.75) is 6.04 Å². The highest BCUT2D eigenvalue weighted by Crippen LogP contribution is 2.24. The van der Waals surface area contributed by atoms with E-state index in [1.165, 1.54) is 0 Å². The van der Waals surface area contributed by atoms with Gasteiger partial charge in [0.05, 0.1) is 26.4 Å². The van der Waals surface area contributed by atoms with Crippen molar-refractivity contribution >= 4 is 5.91 Å². The van der Waals surface area contributed by atoms with Gasteiger partial charge in [-0.15, -0.1) is 0 Å². The number of aromatic nitrogens is 1. The lowest BCUT2D eigenvalue weighted by atomic mass is 10.0. The van der Waals surface area contributed by atoms with E-state index in [4.69, 9.17) is 14.0 Å². The molecule has 156 valence electrons. The van der Waals surface area contributed by atoms with Crippen LogP contribution in [0.5, 0.6) is 5.75 Å². The van der Waals surface area contributed by atoms with Gasteiger partial charge in [0, 0.05) is 31.3 Å². The smallest absolute Gasteiger partial charge is 0.273 e. The molecule has 0 saturated carbocycles. The third-order valence-corrected chi connectivity index (χ3v) is 5.24. The Morgan fingerprint density at radius 2 is 1.87 bits per heavy atom. The van der Waals surface area contributed by atoms with Gasteiger partial charge in [-0.2, -0.15) is 0 Å². The SMILES string of the molecule is COc1ccc(C(CNC(=O)c2cc(-c3ccccc3)on2)N2CCOCC2)cc1. The van der Waals surface area contributed by atoms with Crippen LogP contribution in [-0.4, -0.2) is 55.9 Å². The van der Waals surface area contributed by atoms with Crippen LogP contribution < -0.4 is 10.1 Å². The first-order valence-electron chi connectivity index (χ1n) is 10.0. The lowest BCUT2D eigenvalue weighted by molar-refractivity contribution is 0.0162. The highest BCUT2D eigenvalue weighted by Gasteiger charge is 2.24. The number of benzene rings is 2. The highest BCUT2D eigenvalue weighted by atomic mass is 16.5. The first-order valence-corrected chi connectivity index (χ1v) is 10.0. The molecule has 0 radical (unpaired) electrons. The Morgan fingerprint density at radius 3 is 2.57 bits per heavy atom. The molecule has 1 N–H and O–H groups in total. The molecule has 7 nitrogen and oxygen atoms in total. The highest BCUT2D eigenvalue weighted by molar-refractivity contribution is 5.93. The molecule has 2 aromatic carbocycles. The molecule has 0 aliphatic carbocycles. The number of nitrogens with zero attached hydrogens (tertiary/aromatic N) is 2. The van der Waals surface area contributed by atoms with Gasteiger partial charge in [-0.3, -0.25) is 9.69 Å². The number of ether oxygens (including phenoxy) is 2. The summed E-state index contributed by atoms with van der Waals surface area (Å²) in [6, 6.07) is 19.2. The molecule has 1 amide bonds. The molecule has 1 aliphatic heterocycles. The minimum Gasteiger partial charge on any atom is -0.497 e. The van der Waals surface area contributed by atoms with Gasteiger partial charge >= 0.3 is 0 Å². The molecule has 0 spiro atoms. The Balaban J connectivity index is 1.46. The second kappa shape index (κ2) is 9.56. The number of morpholine rings is 1. The van der Waals surface area contributed by atoms with Gasteiger partial charge in [0.15, 0.2) is 11.5 Å². The first-order chi connectivity index (χ1) is 14.7. The maximum absolute atomic E-state index is 12.7. The number of amides is 1. The second-order valence-electron chi connectivity index (χ2n) is 7.09. The van der Waals surface area contributed by atoms with Gasteiger partial charge in [-0.1, -0.05) is 47.6 Å². The summed E-state index contributed by atoms with van der Waals surface area (Å²) in [5.41, 5.74) is 2.26. The molecule has 1 aliphatic rings. The number of rotatable bonds is 7. The third kappa shape index (κ3) is 4.69. The Kier molecular flexibility index (Phi) is 6.41. The molecule has 0 bridgehead atoms. The minimum atomic E-state index is -0.257. The molecule has 3 aromatic rings. The van der Waals surface area contributed by atoms with Crippen LogP contribution in [0.1, 0.15) is 22.1 Å². The zero-order chi connectivity index (χ0) is 20.8. The largest absolute Gasteiger partial charge is 0.497 e. The molecule has 2 heterocycles. The summed E-state index contributed by atoms with van der Waals surface area (Å²) in [4.78, 5) is 15.0. The van der Waals surface area contributed by atoms with E-state index >= 15 is 0 Å². The van der Waals surface area contributed by atoms with Crippen molar-refractivity contribution in [3.05, 3.63) is 71.9 Å². The van der Waals surface area contributed by atoms with Crippen LogP contribution in [0.25, 0.3) is 11.3 Å². The standard InChI is InChI=1S/C23H25N3O4/c1-28-19-9-7-17(8-10-19)21(26-11-13-29-14-12-26)16-24-23(27)20-15-22(30-25-20)18-5-3-2-4-6-18/h2-10,15,21H,11-14,16H2,1H3,(H,24,27). The lowest BCUT2D eigenvalue weighted by Crippen LogP contribution is -2.43. The minimum absolute atomic E-state index is 0.0317. The molecule has 1 atom stereocenters. The van der Waals surface area contributed by atoms with Crippen LogP contribution in [0.3, 0.4) is 0 Å². The Hall–Kier alpha value is -3.16. The molecule has 4 rings (SSSR count). The fourth-order valence-corrected chi connectivity index (χ4v) is 3.57. The fourth-order valence-electron chi connectivity index (χ4n) is 3.57. The maximum Gasteiger partial charge on any atom is 0.273 e. The fraction of sp³-hybridized carbons (Fsp3) is 0.304. The molecule has 1 unspecified atom stereocenters. The van der Waals surface area contributed by atoms with E-state index in [-0.39, 0.29) is 17.6 Å². The molecule has 30 heavy (non-hydrogen) atoms.